The number of hydrogen-bond acceptors (Lipinski definition) is 6. The second-order valence-corrected chi connectivity index (χ2v) is 8.28. The van der Waals surface area contributed by atoms with Crippen LogP contribution in [0, 0.1) is 0 Å². The number of pyridine rings is 1. The highest BCUT2D eigenvalue weighted by Gasteiger charge is 2.33. The van der Waals surface area contributed by atoms with Gasteiger partial charge in [-0.2, -0.15) is 0 Å². The van der Waals surface area contributed by atoms with Crippen LogP contribution in [0.25, 0.3) is 6.08 Å². The van der Waals surface area contributed by atoms with Crippen LogP contribution >= 0.6 is 15.9 Å². The van der Waals surface area contributed by atoms with Gasteiger partial charge in [0.1, 0.15) is 24.0 Å². The monoisotopic (exact) mass is 478 g/mol. The largest absolute Gasteiger partial charge is 0.496 e. The lowest BCUT2D eigenvalue weighted by Crippen LogP contribution is -2.31. The summed E-state index contributed by atoms with van der Waals surface area (Å²) in [7, 11) is 1.60. The van der Waals surface area contributed by atoms with Crippen LogP contribution < -0.4 is 14.2 Å². The minimum atomic E-state index is -0.149. The van der Waals surface area contributed by atoms with Crippen LogP contribution in [-0.2, 0) is 13.1 Å². The molecule has 0 aliphatic carbocycles. The van der Waals surface area contributed by atoms with E-state index in [0.717, 1.165) is 26.9 Å². The molecule has 6 nitrogen and oxygen atoms in total. The molecule has 3 heterocycles. The van der Waals surface area contributed by atoms with Gasteiger partial charge in [-0.15, -0.1) is 0 Å². The maximum absolute atomic E-state index is 13.0. The van der Waals surface area contributed by atoms with Gasteiger partial charge >= 0.3 is 0 Å². The van der Waals surface area contributed by atoms with Crippen molar-refractivity contribution in [1.29, 1.82) is 0 Å². The number of benzene rings is 2. The number of ketones is 1. The van der Waals surface area contributed by atoms with Crippen LogP contribution in [0.15, 0.2) is 65.1 Å². The Hall–Kier alpha value is -3.16. The molecular weight excluding hydrogens is 460 g/mol. The Labute approximate surface area is 188 Å². The predicted molar refractivity (Wildman–Crippen MR) is 119 cm³/mol. The SMILES string of the molecule is COc1ccc(Br)cc1/C=C1\Oc2c(ccc3c2CN(Cc2cccnc2)CO3)C1=O. The number of methoxy groups -OCH3 is 1. The summed E-state index contributed by atoms with van der Waals surface area (Å²) in [5.74, 6) is 2.10. The van der Waals surface area contributed by atoms with E-state index >= 15 is 0 Å². The van der Waals surface area contributed by atoms with Crippen LogP contribution in [0.1, 0.15) is 27.0 Å². The zero-order chi connectivity index (χ0) is 21.4. The third-order valence-electron chi connectivity index (χ3n) is 5.29. The number of carbonyl (C=O) groups excluding carboxylic acids is 1. The standard InChI is InChI=1S/C24H19BrN2O4/c1-29-20-6-4-17(25)9-16(20)10-22-23(28)18-5-7-21-19(24(18)31-22)13-27(14-30-21)12-15-3-2-8-26-11-15/h2-11H,12-14H2,1H3/b22-10-. The van der Waals surface area contributed by atoms with Crippen LogP contribution in [0.3, 0.4) is 0 Å². The van der Waals surface area contributed by atoms with Crippen molar-refractivity contribution in [1.82, 2.24) is 9.88 Å². The van der Waals surface area contributed by atoms with Gasteiger partial charge < -0.3 is 14.2 Å². The van der Waals surface area contributed by atoms with Crippen LogP contribution in [0.2, 0.25) is 0 Å². The zero-order valence-electron chi connectivity index (χ0n) is 16.8. The Morgan fingerprint density at radius 3 is 2.97 bits per heavy atom. The molecule has 0 saturated heterocycles. The van der Waals surface area contributed by atoms with Gasteiger partial charge in [0.25, 0.3) is 0 Å². The summed E-state index contributed by atoms with van der Waals surface area (Å²) < 4.78 is 18.3. The van der Waals surface area contributed by atoms with Gasteiger partial charge in [0.05, 0.1) is 18.2 Å². The van der Waals surface area contributed by atoms with Gasteiger partial charge in [0, 0.05) is 35.5 Å². The smallest absolute Gasteiger partial charge is 0.231 e. The van der Waals surface area contributed by atoms with Crippen molar-refractivity contribution >= 4 is 27.8 Å². The van der Waals surface area contributed by atoms with Crippen LogP contribution in [0.5, 0.6) is 17.2 Å². The van der Waals surface area contributed by atoms with Crippen molar-refractivity contribution in [2.75, 3.05) is 13.8 Å². The summed E-state index contributed by atoms with van der Waals surface area (Å²) in [5, 5.41) is 0. The molecule has 0 atom stereocenters. The average Bonchev–Trinajstić information content (AvgIpc) is 3.10. The molecule has 7 heteroatoms. The minimum Gasteiger partial charge on any atom is -0.496 e. The summed E-state index contributed by atoms with van der Waals surface area (Å²) in [6.07, 6.45) is 5.32. The molecule has 3 aromatic rings. The van der Waals surface area contributed by atoms with Gasteiger partial charge in [-0.1, -0.05) is 22.0 Å². The van der Waals surface area contributed by atoms with Gasteiger partial charge in [0.15, 0.2) is 5.76 Å². The number of Topliss-reactive ketones (excluding diaryl/α,β-unsaturated/α-hetero) is 1. The maximum Gasteiger partial charge on any atom is 0.231 e. The highest BCUT2D eigenvalue weighted by atomic mass is 79.9. The molecule has 5 rings (SSSR count). The second kappa shape index (κ2) is 8.17. The summed E-state index contributed by atoms with van der Waals surface area (Å²) >= 11 is 3.46. The molecule has 1 aromatic heterocycles. The van der Waals surface area contributed by atoms with E-state index in [0.29, 0.717) is 36.9 Å². The molecule has 0 saturated carbocycles. The topological polar surface area (TPSA) is 60.9 Å². The van der Waals surface area contributed by atoms with Gasteiger partial charge in [0.2, 0.25) is 5.78 Å². The molecule has 31 heavy (non-hydrogen) atoms. The molecule has 0 N–H and O–H groups in total. The number of fused-ring (bicyclic) bond motifs is 3. The normalized spacial score (nSPS) is 16.5. The Balaban J connectivity index is 1.45. The van der Waals surface area contributed by atoms with E-state index < -0.39 is 0 Å². The fraction of sp³-hybridized carbons (Fsp3) is 0.167. The molecule has 2 aliphatic heterocycles. The van der Waals surface area contributed by atoms with Gasteiger partial charge in [-0.25, -0.2) is 0 Å². The lowest BCUT2D eigenvalue weighted by Gasteiger charge is -2.29. The minimum absolute atomic E-state index is 0.149. The fourth-order valence-electron chi connectivity index (χ4n) is 3.81. The first kappa shape index (κ1) is 19.8. The van der Waals surface area contributed by atoms with Crippen molar-refractivity contribution in [3.05, 3.63) is 87.3 Å². The molecule has 0 fully saturated rings. The number of nitrogens with zero attached hydrogens (tertiary/aromatic N) is 2. The predicted octanol–water partition coefficient (Wildman–Crippen LogP) is 4.82. The second-order valence-electron chi connectivity index (χ2n) is 7.37. The van der Waals surface area contributed by atoms with Crippen LogP contribution in [0.4, 0.5) is 0 Å². The molecule has 0 unspecified atom stereocenters. The summed E-state index contributed by atoms with van der Waals surface area (Å²) in [5.41, 5.74) is 3.29. The number of carbonyl (C=O) groups is 1. The van der Waals surface area contributed by atoms with Crippen molar-refractivity contribution in [3.63, 3.8) is 0 Å². The summed E-state index contributed by atoms with van der Waals surface area (Å²) in [4.78, 5) is 19.4. The number of rotatable bonds is 4. The third-order valence-corrected chi connectivity index (χ3v) is 5.78. The highest BCUT2D eigenvalue weighted by Crippen LogP contribution is 2.42. The highest BCUT2D eigenvalue weighted by molar-refractivity contribution is 9.10. The molecule has 0 spiro atoms. The molecule has 0 radical (unpaired) electrons. The average molecular weight is 479 g/mol. The quantitative estimate of drug-likeness (QED) is 0.501. The lowest BCUT2D eigenvalue weighted by atomic mass is 10.0. The van der Waals surface area contributed by atoms with Crippen molar-refractivity contribution < 1.29 is 19.0 Å². The molecule has 0 bridgehead atoms. The first-order valence-electron chi connectivity index (χ1n) is 9.80. The number of ether oxygens (including phenoxy) is 3. The Kier molecular flexibility index (Phi) is 5.21. The zero-order valence-corrected chi connectivity index (χ0v) is 18.4. The number of allylic oxidation sites excluding steroid dienone is 1. The van der Waals surface area contributed by atoms with Crippen molar-refractivity contribution in [3.8, 4) is 17.2 Å². The van der Waals surface area contributed by atoms with E-state index in [-0.39, 0.29) is 11.5 Å². The number of aromatic nitrogens is 1. The van der Waals surface area contributed by atoms with E-state index in [2.05, 4.69) is 25.8 Å². The summed E-state index contributed by atoms with van der Waals surface area (Å²) in [6.45, 7) is 1.78. The van der Waals surface area contributed by atoms with E-state index in [1.165, 1.54) is 0 Å². The summed E-state index contributed by atoms with van der Waals surface area (Å²) in [6, 6.07) is 13.2. The first-order valence-corrected chi connectivity index (χ1v) is 10.6. The Morgan fingerprint density at radius 2 is 2.16 bits per heavy atom. The third kappa shape index (κ3) is 3.82. The first-order chi connectivity index (χ1) is 15.1. The fourth-order valence-corrected chi connectivity index (χ4v) is 4.19. The molecule has 0 amide bonds. The molecule has 2 aliphatic rings. The Morgan fingerprint density at radius 1 is 1.26 bits per heavy atom. The van der Waals surface area contributed by atoms with Gasteiger partial charge in [-0.3, -0.25) is 14.7 Å². The molecule has 156 valence electrons. The number of halogens is 1. The van der Waals surface area contributed by atoms with E-state index in [1.807, 2.05) is 42.6 Å². The van der Waals surface area contributed by atoms with Crippen LogP contribution in [-0.4, -0.2) is 29.5 Å². The van der Waals surface area contributed by atoms with Gasteiger partial charge in [-0.05, 0) is 48.0 Å². The van der Waals surface area contributed by atoms with Crippen molar-refractivity contribution in [2.24, 2.45) is 0 Å². The lowest BCUT2D eigenvalue weighted by molar-refractivity contribution is 0.0872. The van der Waals surface area contributed by atoms with E-state index in [9.17, 15) is 4.79 Å². The maximum atomic E-state index is 13.0. The van der Waals surface area contributed by atoms with Crippen molar-refractivity contribution in [2.45, 2.75) is 13.1 Å². The molecular formula is C24H19BrN2O4. The Bertz CT molecular complexity index is 1190. The van der Waals surface area contributed by atoms with E-state index in [4.69, 9.17) is 14.2 Å². The molecule has 2 aromatic carbocycles. The van der Waals surface area contributed by atoms with E-state index in [1.54, 1.807) is 25.4 Å². The number of hydrogen-bond donors (Lipinski definition) is 0.